The molecule has 0 spiro atoms. The Labute approximate surface area is 86.8 Å². The van der Waals surface area contributed by atoms with E-state index in [9.17, 15) is 4.79 Å². The highest BCUT2D eigenvalue weighted by atomic mass is 35.5. The lowest BCUT2D eigenvalue weighted by Crippen LogP contribution is -2.22. The van der Waals surface area contributed by atoms with E-state index in [0.29, 0.717) is 22.2 Å². The number of amides is 1. The molecular formula is C9H9Cl2NO. The summed E-state index contributed by atoms with van der Waals surface area (Å²) in [5, 5.41) is 3.52. The Balaban J connectivity index is 2.90. The first-order valence-electron chi connectivity index (χ1n) is 3.88. The van der Waals surface area contributed by atoms with E-state index >= 15 is 0 Å². The molecule has 0 fully saturated rings. The zero-order valence-corrected chi connectivity index (χ0v) is 8.62. The molecule has 0 aliphatic rings. The quantitative estimate of drug-likeness (QED) is 0.812. The van der Waals surface area contributed by atoms with Gasteiger partial charge >= 0.3 is 0 Å². The van der Waals surface area contributed by atoms with Crippen molar-refractivity contribution >= 4 is 29.1 Å². The first-order chi connectivity index (χ1) is 6.15. The van der Waals surface area contributed by atoms with Gasteiger partial charge in [-0.2, -0.15) is 0 Å². The SMILES string of the molecule is CCNC(=O)c1ccc(Cl)c(Cl)c1. The van der Waals surface area contributed by atoms with E-state index < -0.39 is 0 Å². The molecule has 13 heavy (non-hydrogen) atoms. The third kappa shape index (κ3) is 2.61. The van der Waals surface area contributed by atoms with Crippen LogP contribution in [-0.4, -0.2) is 12.5 Å². The van der Waals surface area contributed by atoms with Crippen molar-refractivity contribution in [2.45, 2.75) is 6.92 Å². The Hall–Kier alpha value is -0.730. The summed E-state index contributed by atoms with van der Waals surface area (Å²) in [4.78, 5) is 11.3. The molecule has 0 aromatic heterocycles. The van der Waals surface area contributed by atoms with E-state index in [1.165, 1.54) is 0 Å². The Morgan fingerprint density at radius 3 is 2.62 bits per heavy atom. The predicted molar refractivity (Wildman–Crippen MR) is 54.5 cm³/mol. The first-order valence-corrected chi connectivity index (χ1v) is 4.64. The minimum absolute atomic E-state index is 0.138. The number of carbonyl (C=O) groups excluding carboxylic acids is 1. The second kappa shape index (κ2) is 4.49. The molecule has 0 heterocycles. The van der Waals surface area contributed by atoms with Gasteiger partial charge in [0.1, 0.15) is 0 Å². The van der Waals surface area contributed by atoms with Crippen LogP contribution >= 0.6 is 23.2 Å². The van der Waals surface area contributed by atoms with Crippen LogP contribution in [0.2, 0.25) is 10.0 Å². The van der Waals surface area contributed by atoms with Crippen LogP contribution in [0.5, 0.6) is 0 Å². The van der Waals surface area contributed by atoms with Gasteiger partial charge in [-0.15, -0.1) is 0 Å². The second-order valence-corrected chi connectivity index (χ2v) is 3.30. The summed E-state index contributed by atoms with van der Waals surface area (Å²) >= 11 is 11.4. The number of benzene rings is 1. The van der Waals surface area contributed by atoms with Crippen LogP contribution < -0.4 is 5.32 Å². The van der Waals surface area contributed by atoms with E-state index in [2.05, 4.69) is 5.32 Å². The van der Waals surface area contributed by atoms with Crippen molar-refractivity contribution in [2.75, 3.05) is 6.54 Å². The standard InChI is InChI=1S/C9H9Cl2NO/c1-2-12-9(13)6-3-4-7(10)8(11)5-6/h3-5H,2H2,1H3,(H,12,13). The van der Waals surface area contributed by atoms with Crippen molar-refractivity contribution in [1.29, 1.82) is 0 Å². The topological polar surface area (TPSA) is 29.1 Å². The van der Waals surface area contributed by atoms with Crippen molar-refractivity contribution < 1.29 is 4.79 Å². The third-order valence-corrected chi connectivity index (χ3v) is 2.26. The van der Waals surface area contributed by atoms with Gasteiger partial charge in [-0.3, -0.25) is 4.79 Å². The van der Waals surface area contributed by atoms with E-state index in [0.717, 1.165) is 0 Å². The molecule has 1 amide bonds. The molecule has 0 bridgehead atoms. The maximum atomic E-state index is 11.3. The molecule has 0 aliphatic heterocycles. The van der Waals surface area contributed by atoms with Gasteiger partial charge in [0.05, 0.1) is 10.0 Å². The van der Waals surface area contributed by atoms with Crippen LogP contribution in [0.1, 0.15) is 17.3 Å². The number of carbonyl (C=O) groups is 1. The molecule has 2 nitrogen and oxygen atoms in total. The number of nitrogens with one attached hydrogen (secondary N) is 1. The number of halogens is 2. The highest BCUT2D eigenvalue weighted by molar-refractivity contribution is 6.42. The van der Waals surface area contributed by atoms with E-state index in [4.69, 9.17) is 23.2 Å². The Morgan fingerprint density at radius 2 is 2.08 bits per heavy atom. The van der Waals surface area contributed by atoms with Crippen molar-refractivity contribution in [3.8, 4) is 0 Å². The third-order valence-electron chi connectivity index (χ3n) is 1.52. The van der Waals surface area contributed by atoms with Crippen LogP contribution in [0.4, 0.5) is 0 Å². The van der Waals surface area contributed by atoms with Crippen molar-refractivity contribution in [2.24, 2.45) is 0 Å². The maximum Gasteiger partial charge on any atom is 0.251 e. The fourth-order valence-corrected chi connectivity index (χ4v) is 1.20. The monoisotopic (exact) mass is 217 g/mol. The van der Waals surface area contributed by atoms with Crippen LogP contribution in [-0.2, 0) is 0 Å². The average molecular weight is 218 g/mol. The van der Waals surface area contributed by atoms with Crippen LogP contribution in [0.15, 0.2) is 18.2 Å². The van der Waals surface area contributed by atoms with Crippen molar-refractivity contribution in [3.05, 3.63) is 33.8 Å². The maximum absolute atomic E-state index is 11.3. The molecule has 0 radical (unpaired) electrons. The largest absolute Gasteiger partial charge is 0.352 e. The lowest BCUT2D eigenvalue weighted by atomic mass is 10.2. The molecule has 1 aromatic carbocycles. The van der Waals surface area contributed by atoms with Crippen LogP contribution in [0, 0.1) is 0 Å². The van der Waals surface area contributed by atoms with Gasteiger partial charge in [0.25, 0.3) is 5.91 Å². The minimum atomic E-state index is -0.138. The van der Waals surface area contributed by atoms with Crippen LogP contribution in [0.25, 0.3) is 0 Å². The van der Waals surface area contributed by atoms with Gasteiger partial charge in [0.2, 0.25) is 0 Å². The molecule has 0 atom stereocenters. The summed E-state index contributed by atoms with van der Waals surface area (Å²) in [6.45, 7) is 2.45. The smallest absolute Gasteiger partial charge is 0.251 e. The molecule has 0 saturated carbocycles. The van der Waals surface area contributed by atoms with Crippen molar-refractivity contribution in [3.63, 3.8) is 0 Å². The predicted octanol–water partition coefficient (Wildman–Crippen LogP) is 2.74. The van der Waals surface area contributed by atoms with Gasteiger partial charge in [-0.1, -0.05) is 23.2 Å². The molecule has 4 heteroatoms. The van der Waals surface area contributed by atoms with Gasteiger partial charge in [0, 0.05) is 12.1 Å². The lowest BCUT2D eigenvalue weighted by molar-refractivity contribution is 0.0956. The van der Waals surface area contributed by atoms with E-state index in [-0.39, 0.29) is 5.91 Å². The zero-order valence-electron chi connectivity index (χ0n) is 7.10. The molecule has 0 aliphatic carbocycles. The minimum Gasteiger partial charge on any atom is -0.352 e. The molecule has 0 saturated heterocycles. The number of rotatable bonds is 2. The summed E-state index contributed by atoms with van der Waals surface area (Å²) < 4.78 is 0. The number of hydrogen-bond donors (Lipinski definition) is 1. The zero-order chi connectivity index (χ0) is 9.84. The van der Waals surface area contributed by atoms with E-state index in [1.54, 1.807) is 18.2 Å². The Morgan fingerprint density at radius 1 is 1.38 bits per heavy atom. The van der Waals surface area contributed by atoms with E-state index in [1.807, 2.05) is 6.92 Å². The fourth-order valence-electron chi connectivity index (χ4n) is 0.900. The second-order valence-electron chi connectivity index (χ2n) is 2.49. The highest BCUT2D eigenvalue weighted by Crippen LogP contribution is 2.22. The molecule has 1 N–H and O–H groups in total. The highest BCUT2D eigenvalue weighted by Gasteiger charge is 2.05. The number of hydrogen-bond acceptors (Lipinski definition) is 1. The summed E-state index contributed by atoms with van der Waals surface area (Å²) in [5.74, 6) is -0.138. The summed E-state index contributed by atoms with van der Waals surface area (Å²) in [6.07, 6.45) is 0. The summed E-state index contributed by atoms with van der Waals surface area (Å²) in [6, 6.07) is 4.79. The molecule has 1 aromatic rings. The normalized spacial score (nSPS) is 9.77. The van der Waals surface area contributed by atoms with Crippen LogP contribution in [0.3, 0.4) is 0 Å². The molecule has 1 rings (SSSR count). The summed E-state index contributed by atoms with van der Waals surface area (Å²) in [5.41, 5.74) is 0.524. The van der Waals surface area contributed by atoms with Gasteiger partial charge in [0.15, 0.2) is 0 Å². The molecule has 70 valence electrons. The fraction of sp³-hybridized carbons (Fsp3) is 0.222. The summed E-state index contributed by atoms with van der Waals surface area (Å²) in [7, 11) is 0. The Bertz CT molecular complexity index is 325. The Kier molecular flexibility index (Phi) is 3.58. The molecule has 0 unspecified atom stereocenters. The van der Waals surface area contributed by atoms with Gasteiger partial charge in [-0.05, 0) is 25.1 Å². The van der Waals surface area contributed by atoms with Gasteiger partial charge in [-0.25, -0.2) is 0 Å². The van der Waals surface area contributed by atoms with Crippen molar-refractivity contribution in [1.82, 2.24) is 5.32 Å². The molecular weight excluding hydrogens is 209 g/mol. The lowest BCUT2D eigenvalue weighted by Gasteiger charge is -2.02. The van der Waals surface area contributed by atoms with Gasteiger partial charge < -0.3 is 5.32 Å². The average Bonchev–Trinajstić information content (AvgIpc) is 2.10. The first kappa shape index (κ1) is 10.4.